The summed E-state index contributed by atoms with van der Waals surface area (Å²) in [4.78, 5) is 2.23. The van der Waals surface area contributed by atoms with Gasteiger partial charge in [-0.1, -0.05) is 0 Å². The highest BCUT2D eigenvalue weighted by atomic mass is 35.5. The lowest BCUT2D eigenvalue weighted by Gasteiger charge is -2.18. The molecule has 0 fully saturated rings. The Morgan fingerprint density at radius 3 is 2.75 bits per heavy atom. The summed E-state index contributed by atoms with van der Waals surface area (Å²) in [6, 6.07) is 0. The first-order valence-electron chi connectivity index (χ1n) is 4.01. The van der Waals surface area contributed by atoms with Gasteiger partial charge in [-0.25, -0.2) is 0 Å². The van der Waals surface area contributed by atoms with Crippen LogP contribution >= 0.6 is 23.4 Å². The standard InChI is InChI=1S/C8H18ClNOS/c1-10(4-5-12-3)6-8(9)7-11-2/h8H,4-7H2,1-3H3. The molecule has 0 saturated carbocycles. The van der Waals surface area contributed by atoms with Gasteiger partial charge in [-0.05, 0) is 13.3 Å². The smallest absolute Gasteiger partial charge is 0.0696 e. The van der Waals surface area contributed by atoms with Crippen LogP contribution in [0.15, 0.2) is 0 Å². The second-order valence-electron chi connectivity index (χ2n) is 2.81. The Balaban J connectivity index is 3.33. The van der Waals surface area contributed by atoms with E-state index in [1.165, 1.54) is 0 Å². The van der Waals surface area contributed by atoms with Gasteiger partial charge in [-0.3, -0.25) is 0 Å². The Kier molecular flexibility index (Phi) is 8.55. The van der Waals surface area contributed by atoms with Crippen molar-refractivity contribution in [3.63, 3.8) is 0 Å². The van der Waals surface area contributed by atoms with E-state index >= 15 is 0 Å². The lowest BCUT2D eigenvalue weighted by Crippen LogP contribution is -2.30. The van der Waals surface area contributed by atoms with Gasteiger partial charge in [0, 0.05) is 26.0 Å². The van der Waals surface area contributed by atoms with E-state index in [4.69, 9.17) is 16.3 Å². The number of hydrogen-bond acceptors (Lipinski definition) is 3. The molecule has 0 aliphatic heterocycles. The Morgan fingerprint density at radius 2 is 2.25 bits per heavy atom. The van der Waals surface area contributed by atoms with Crippen molar-refractivity contribution in [3.05, 3.63) is 0 Å². The fourth-order valence-electron chi connectivity index (χ4n) is 0.910. The average molecular weight is 212 g/mol. The third-order valence-electron chi connectivity index (χ3n) is 1.53. The maximum Gasteiger partial charge on any atom is 0.0696 e. The van der Waals surface area contributed by atoms with Gasteiger partial charge < -0.3 is 9.64 Å². The van der Waals surface area contributed by atoms with Crippen LogP contribution in [-0.2, 0) is 4.74 Å². The minimum Gasteiger partial charge on any atom is -0.383 e. The predicted octanol–water partition coefficient (Wildman–Crippen LogP) is 1.54. The van der Waals surface area contributed by atoms with Crippen LogP contribution in [0.1, 0.15) is 0 Å². The summed E-state index contributed by atoms with van der Waals surface area (Å²) in [6.07, 6.45) is 2.11. The molecule has 0 N–H and O–H groups in total. The largest absolute Gasteiger partial charge is 0.383 e. The number of nitrogens with zero attached hydrogens (tertiary/aromatic N) is 1. The van der Waals surface area contributed by atoms with Crippen molar-refractivity contribution in [2.45, 2.75) is 5.38 Å². The molecule has 2 nitrogen and oxygen atoms in total. The van der Waals surface area contributed by atoms with Crippen molar-refractivity contribution < 1.29 is 4.74 Å². The molecule has 0 heterocycles. The van der Waals surface area contributed by atoms with Crippen molar-refractivity contribution in [2.24, 2.45) is 0 Å². The van der Waals surface area contributed by atoms with E-state index in [9.17, 15) is 0 Å². The minimum absolute atomic E-state index is 0.113. The van der Waals surface area contributed by atoms with E-state index < -0.39 is 0 Å². The molecule has 0 aliphatic carbocycles. The third kappa shape index (κ3) is 7.22. The monoisotopic (exact) mass is 211 g/mol. The molecule has 0 bridgehead atoms. The molecular formula is C8H18ClNOS. The van der Waals surface area contributed by atoms with Gasteiger partial charge in [0.1, 0.15) is 0 Å². The first-order valence-corrected chi connectivity index (χ1v) is 5.84. The highest BCUT2D eigenvalue weighted by molar-refractivity contribution is 7.98. The van der Waals surface area contributed by atoms with Gasteiger partial charge in [0.25, 0.3) is 0 Å². The summed E-state index contributed by atoms with van der Waals surface area (Å²) in [5.74, 6) is 1.16. The molecule has 1 atom stereocenters. The first kappa shape index (κ1) is 12.6. The Hall–Kier alpha value is 0.560. The van der Waals surface area contributed by atoms with E-state index in [1.807, 2.05) is 11.8 Å². The molecule has 0 saturated heterocycles. The highest BCUT2D eigenvalue weighted by Gasteiger charge is 2.06. The molecule has 4 heteroatoms. The summed E-state index contributed by atoms with van der Waals surface area (Å²) >= 11 is 7.84. The summed E-state index contributed by atoms with van der Waals surface area (Å²) < 4.78 is 4.95. The molecule has 1 unspecified atom stereocenters. The first-order chi connectivity index (χ1) is 5.70. The maximum atomic E-state index is 5.98. The average Bonchev–Trinajstić information content (AvgIpc) is 2.01. The highest BCUT2D eigenvalue weighted by Crippen LogP contribution is 2.00. The maximum absolute atomic E-state index is 5.98. The SMILES string of the molecule is COCC(Cl)CN(C)CCSC. The predicted molar refractivity (Wildman–Crippen MR) is 57.4 cm³/mol. The van der Waals surface area contributed by atoms with Crippen molar-refractivity contribution in [1.29, 1.82) is 0 Å². The van der Waals surface area contributed by atoms with Crippen LogP contribution in [-0.4, -0.2) is 56.1 Å². The molecule has 0 aliphatic rings. The summed E-state index contributed by atoms with van der Waals surface area (Å²) in [5, 5.41) is 0.113. The molecule has 0 aromatic heterocycles. The van der Waals surface area contributed by atoms with Crippen LogP contribution < -0.4 is 0 Å². The van der Waals surface area contributed by atoms with E-state index in [0.717, 1.165) is 18.8 Å². The van der Waals surface area contributed by atoms with Crippen LogP contribution in [0.4, 0.5) is 0 Å². The normalized spacial score (nSPS) is 13.8. The molecule has 12 heavy (non-hydrogen) atoms. The van der Waals surface area contributed by atoms with Gasteiger partial charge in [0.05, 0.1) is 12.0 Å². The molecule has 0 aromatic rings. The topological polar surface area (TPSA) is 12.5 Å². The molecule has 0 amide bonds. The van der Waals surface area contributed by atoms with Crippen LogP contribution in [0, 0.1) is 0 Å². The number of rotatable bonds is 7. The zero-order valence-corrected chi connectivity index (χ0v) is 9.62. The lowest BCUT2D eigenvalue weighted by atomic mass is 10.4. The van der Waals surface area contributed by atoms with Gasteiger partial charge in [0.2, 0.25) is 0 Å². The molecule has 0 radical (unpaired) electrons. The van der Waals surface area contributed by atoms with Gasteiger partial charge in [0.15, 0.2) is 0 Å². The Bertz CT molecular complexity index is 105. The van der Waals surface area contributed by atoms with E-state index in [1.54, 1.807) is 7.11 Å². The van der Waals surface area contributed by atoms with E-state index in [0.29, 0.717) is 6.61 Å². The Morgan fingerprint density at radius 1 is 1.58 bits per heavy atom. The molecule has 0 rings (SSSR count). The second kappa shape index (κ2) is 8.17. The number of methoxy groups -OCH3 is 1. The number of alkyl halides is 1. The molecule has 74 valence electrons. The van der Waals surface area contributed by atoms with Crippen LogP contribution in [0.5, 0.6) is 0 Å². The minimum atomic E-state index is 0.113. The third-order valence-corrected chi connectivity index (χ3v) is 2.39. The van der Waals surface area contributed by atoms with Gasteiger partial charge in [-0.2, -0.15) is 11.8 Å². The van der Waals surface area contributed by atoms with Gasteiger partial charge in [-0.15, -0.1) is 11.6 Å². The molecule has 0 spiro atoms. The number of thioether (sulfide) groups is 1. The second-order valence-corrected chi connectivity index (χ2v) is 4.41. The number of ether oxygens (including phenoxy) is 1. The van der Waals surface area contributed by atoms with Crippen molar-refractivity contribution >= 4 is 23.4 Å². The lowest BCUT2D eigenvalue weighted by molar-refractivity contribution is 0.184. The van der Waals surface area contributed by atoms with Crippen LogP contribution in [0.2, 0.25) is 0 Å². The molecular weight excluding hydrogens is 194 g/mol. The van der Waals surface area contributed by atoms with Crippen LogP contribution in [0.25, 0.3) is 0 Å². The van der Waals surface area contributed by atoms with Crippen molar-refractivity contribution in [1.82, 2.24) is 4.90 Å². The number of halogens is 1. The quantitative estimate of drug-likeness (QED) is 0.593. The zero-order chi connectivity index (χ0) is 9.40. The van der Waals surface area contributed by atoms with Crippen molar-refractivity contribution in [2.75, 3.05) is 45.9 Å². The summed E-state index contributed by atoms with van der Waals surface area (Å²) in [7, 11) is 3.76. The zero-order valence-electron chi connectivity index (χ0n) is 8.05. The van der Waals surface area contributed by atoms with Crippen molar-refractivity contribution in [3.8, 4) is 0 Å². The summed E-state index contributed by atoms with van der Waals surface area (Å²) in [6.45, 7) is 2.62. The summed E-state index contributed by atoms with van der Waals surface area (Å²) in [5.41, 5.74) is 0. The fraction of sp³-hybridized carbons (Fsp3) is 1.00. The Labute approximate surface area is 84.6 Å². The van der Waals surface area contributed by atoms with Gasteiger partial charge >= 0.3 is 0 Å². The van der Waals surface area contributed by atoms with E-state index in [2.05, 4.69) is 18.2 Å². The van der Waals surface area contributed by atoms with E-state index in [-0.39, 0.29) is 5.38 Å². The van der Waals surface area contributed by atoms with Crippen LogP contribution in [0.3, 0.4) is 0 Å². The number of hydrogen-bond donors (Lipinski definition) is 0. The fourth-order valence-corrected chi connectivity index (χ4v) is 1.77. The molecule has 0 aromatic carbocycles.